The van der Waals surface area contributed by atoms with Gasteiger partial charge in [-0.15, -0.1) is 11.8 Å². The molecular weight excluding hydrogens is 443 g/mol. The van der Waals surface area contributed by atoms with E-state index in [1.54, 1.807) is 0 Å². The first-order valence-corrected chi connectivity index (χ1v) is 9.10. The fraction of sp³-hybridized carbons (Fsp3) is 0.538. The van der Waals surface area contributed by atoms with Gasteiger partial charge in [-0.2, -0.15) is 13.2 Å². The van der Waals surface area contributed by atoms with Crippen molar-refractivity contribution in [1.82, 2.24) is 0 Å². The van der Waals surface area contributed by atoms with Crippen LogP contribution in [0, 0.1) is 5.82 Å². The van der Waals surface area contributed by atoms with Crippen LogP contribution in [0.3, 0.4) is 0 Å². The third-order valence-electron chi connectivity index (χ3n) is 2.41. The molecule has 0 aliphatic heterocycles. The third-order valence-corrected chi connectivity index (χ3v) is 4.72. The van der Waals surface area contributed by atoms with Crippen molar-refractivity contribution in [3.63, 3.8) is 0 Å². The molecule has 8 heteroatoms. The molecular formula is C13H14ClF4IOS. The number of hydrogen-bond acceptors (Lipinski definition) is 2. The Hall–Kier alpha value is 0.110. The molecule has 0 atom stereocenters. The van der Waals surface area contributed by atoms with E-state index in [1.807, 2.05) is 0 Å². The highest BCUT2D eigenvalue weighted by Crippen LogP contribution is 2.36. The first-order valence-electron chi connectivity index (χ1n) is 6.21. The minimum Gasteiger partial charge on any atom is -0.490 e. The average Bonchev–Trinajstić information content (AvgIpc) is 2.38. The number of unbranched alkanes of at least 4 members (excludes halogenated alkanes) is 2. The number of halogens is 6. The van der Waals surface area contributed by atoms with E-state index in [2.05, 4.69) is 22.6 Å². The van der Waals surface area contributed by atoms with Crippen molar-refractivity contribution in [1.29, 1.82) is 0 Å². The van der Waals surface area contributed by atoms with E-state index >= 15 is 0 Å². The molecule has 1 rings (SSSR count). The summed E-state index contributed by atoms with van der Waals surface area (Å²) in [5.74, 6) is -1.79. The fourth-order valence-corrected chi connectivity index (χ4v) is 3.01. The molecule has 0 radical (unpaired) electrons. The molecule has 1 aromatic rings. The minimum absolute atomic E-state index is 0.0426. The van der Waals surface area contributed by atoms with Crippen LogP contribution >= 0.6 is 46.0 Å². The summed E-state index contributed by atoms with van der Waals surface area (Å²) >= 11 is 8.54. The van der Waals surface area contributed by atoms with Gasteiger partial charge in [0.05, 0.1) is 17.4 Å². The lowest BCUT2D eigenvalue weighted by molar-refractivity contribution is -0.105. The van der Waals surface area contributed by atoms with Crippen LogP contribution in [0.1, 0.15) is 19.3 Å². The van der Waals surface area contributed by atoms with Crippen LogP contribution in [0.15, 0.2) is 17.0 Å². The van der Waals surface area contributed by atoms with Gasteiger partial charge in [-0.1, -0.05) is 34.2 Å². The molecule has 0 aliphatic carbocycles. The maximum atomic E-state index is 13.6. The van der Waals surface area contributed by atoms with Crippen molar-refractivity contribution in [2.75, 3.05) is 16.8 Å². The number of alkyl halides is 4. The first-order chi connectivity index (χ1) is 9.83. The van der Waals surface area contributed by atoms with E-state index in [9.17, 15) is 17.6 Å². The van der Waals surface area contributed by atoms with Crippen LogP contribution < -0.4 is 4.74 Å². The quantitative estimate of drug-likeness (QED) is 0.153. The average molecular weight is 457 g/mol. The number of thioether (sulfide) groups is 1. The van der Waals surface area contributed by atoms with Gasteiger partial charge in [-0.25, -0.2) is 4.39 Å². The van der Waals surface area contributed by atoms with Crippen molar-refractivity contribution in [3.05, 3.63) is 23.0 Å². The van der Waals surface area contributed by atoms with Gasteiger partial charge in [0.15, 0.2) is 11.6 Å². The van der Waals surface area contributed by atoms with Crippen LogP contribution in [-0.4, -0.2) is 23.0 Å². The van der Waals surface area contributed by atoms with E-state index in [-0.39, 0.29) is 15.7 Å². The number of ether oxygens (including phenoxy) is 1. The Morgan fingerprint density at radius 2 is 1.90 bits per heavy atom. The summed E-state index contributed by atoms with van der Waals surface area (Å²) in [6.07, 6.45) is -1.51. The predicted octanol–water partition coefficient (Wildman–Crippen LogP) is 6.12. The summed E-state index contributed by atoms with van der Waals surface area (Å²) in [6, 6.07) is 2.22. The smallest absolute Gasteiger partial charge is 0.398 e. The maximum Gasteiger partial charge on any atom is 0.398 e. The highest BCUT2D eigenvalue weighted by molar-refractivity contribution is 14.1. The third kappa shape index (κ3) is 7.78. The van der Waals surface area contributed by atoms with Gasteiger partial charge in [0.1, 0.15) is 0 Å². The molecule has 0 N–H and O–H groups in total. The molecule has 0 aliphatic rings. The normalized spacial score (nSPS) is 11.7. The summed E-state index contributed by atoms with van der Waals surface area (Å²) < 4.78 is 56.6. The molecule has 0 aromatic heterocycles. The number of hydrogen-bond donors (Lipinski definition) is 0. The van der Waals surface area contributed by atoms with E-state index in [1.165, 1.54) is 6.07 Å². The van der Waals surface area contributed by atoms with Crippen LogP contribution in [0.25, 0.3) is 0 Å². The second-order valence-corrected chi connectivity index (χ2v) is 6.72. The van der Waals surface area contributed by atoms with Crippen molar-refractivity contribution < 1.29 is 22.3 Å². The second kappa shape index (κ2) is 9.29. The Morgan fingerprint density at radius 1 is 1.19 bits per heavy atom. The molecule has 0 heterocycles. The molecule has 0 amide bonds. The molecule has 0 saturated carbocycles. The molecule has 0 spiro atoms. The molecule has 0 saturated heterocycles. The Bertz CT molecular complexity index is 457. The summed E-state index contributed by atoms with van der Waals surface area (Å²) in [5, 5.41) is -0.0426. The van der Waals surface area contributed by atoms with Gasteiger partial charge in [0.2, 0.25) is 0 Å². The Morgan fingerprint density at radius 3 is 2.52 bits per heavy atom. The van der Waals surface area contributed by atoms with E-state index in [0.29, 0.717) is 18.4 Å². The van der Waals surface area contributed by atoms with Crippen LogP contribution in [0.4, 0.5) is 17.6 Å². The molecule has 1 nitrogen and oxygen atoms in total. The van der Waals surface area contributed by atoms with Gasteiger partial charge in [-0.05, 0) is 35.8 Å². The number of benzene rings is 1. The van der Waals surface area contributed by atoms with Gasteiger partial charge in [0, 0.05) is 4.90 Å². The predicted molar refractivity (Wildman–Crippen MR) is 86.4 cm³/mol. The zero-order valence-electron chi connectivity index (χ0n) is 11.0. The fourth-order valence-electron chi connectivity index (χ4n) is 1.45. The Balaban J connectivity index is 2.63. The minimum atomic E-state index is -4.30. The van der Waals surface area contributed by atoms with Crippen LogP contribution in [-0.2, 0) is 0 Å². The standard InChI is InChI=1S/C13H14ClF4IOS/c14-9-6-10(15)11(20-5-3-1-2-4-19)7-12(9)21-8-13(16,17)18/h6-7H,1-5,8H2. The van der Waals surface area contributed by atoms with Gasteiger partial charge < -0.3 is 4.74 Å². The largest absolute Gasteiger partial charge is 0.490 e. The van der Waals surface area contributed by atoms with Crippen molar-refractivity contribution in [2.45, 2.75) is 30.3 Å². The molecule has 21 heavy (non-hydrogen) atoms. The van der Waals surface area contributed by atoms with Crippen LogP contribution in [0.2, 0.25) is 5.02 Å². The monoisotopic (exact) mass is 456 g/mol. The Labute approximate surface area is 143 Å². The van der Waals surface area contributed by atoms with E-state index < -0.39 is 17.7 Å². The molecule has 120 valence electrons. The van der Waals surface area contributed by atoms with Gasteiger partial charge in [0.25, 0.3) is 0 Å². The summed E-state index contributed by atoms with van der Waals surface area (Å²) in [4.78, 5) is 0.164. The van der Waals surface area contributed by atoms with Crippen LogP contribution in [0.5, 0.6) is 5.75 Å². The topological polar surface area (TPSA) is 9.23 Å². The zero-order valence-corrected chi connectivity index (χ0v) is 14.7. The lowest BCUT2D eigenvalue weighted by Crippen LogP contribution is -2.10. The summed E-state index contributed by atoms with van der Waals surface area (Å²) in [7, 11) is 0. The second-order valence-electron chi connectivity index (χ2n) is 4.22. The van der Waals surface area contributed by atoms with E-state index in [4.69, 9.17) is 16.3 Å². The molecule has 0 fully saturated rings. The summed E-state index contributed by atoms with van der Waals surface area (Å²) in [6.45, 7) is 0.332. The maximum absolute atomic E-state index is 13.6. The summed E-state index contributed by atoms with van der Waals surface area (Å²) in [5.41, 5.74) is 0. The number of rotatable bonds is 8. The highest BCUT2D eigenvalue weighted by atomic mass is 127. The lowest BCUT2D eigenvalue weighted by atomic mass is 10.3. The lowest BCUT2D eigenvalue weighted by Gasteiger charge is -2.11. The Kier molecular flexibility index (Phi) is 8.48. The zero-order chi connectivity index (χ0) is 15.9. The van der Waals surface area contributed by atoms with Gasteiger partial charge >= 0.3 is 6.18 Å². The molecule has 0 bridgehead atoms. The van der Waals surface area contributed by atoms with Crippen molar-refractivity contribution in [2.24, 2.45) is 0 Å². The van der Waals surface area contributed by atoms with E-state index in [0.717, 1.165) is 29.8 Å². The highest BCUT2D eigenvalue weighted by Gasteiger charge is 2.28. The van der Waals surface area contributed by atoms with Gasteiger partial charge in [-0.3, -0.25) is 0 Å². The first kappa shape index (κ1) is 19.2. The SMILES string of the molecule is Fc1cc(Cl)c(SCC(F)(F)F)cc1OCCCCCI. The van der Waals surface area contributed by atoms with Crippen molar-refractivity contribution >= 4 is 46.0 Å². The molecule has 0 unspecified atom stereocenters. The molecule has 1 aromatic carbocycles. The van der Waals surface area contributed by atoms with Crippen molar-refractivity contribution in [3.8, 4) is 5.75 Å².